The summed E-state index contributed by atoms with van der Waals surface area (Å²) in [6.07, 6.45) is 3.03. The van der Waals surface area contributed by atoms with Gasteiger partial charge in [0, 0.05) is 0 Å². The van der Waals surface area contributed by atoms with Crippen molar-refractivity contribution in [3.8, 4) is 5.75 Å². The van der Waals surface area contributed by atoms with Gasteiger partial charge in [0.25, 0.3) is 0 Å². The van der Waals surface area contributed by atoms with Gasteiger partial charge < -0.3 is 16.3 Å². The lowest BCUT2D eigenvalue weighted by atomic mass is 9.91. The summed E-state index contributed by atoms with van der Waals surface area (Å²) in [7, 11) is 1.71. The summed E-state index contributed by atoms with van der Waals surface area (Å²) in [5.74, 6) is 7.41. The fraction of sp³-hybridized carbons (Fsp3) is 0.533. The number of hydrogen-bond donors (Lipinski definition) is 2. The van der Waals surface area contributed by atoms with Crippen molar-refractivity contribution in [3.05, 3.63) is 29.3 Å². The van der Waals surface area contributed by atoms with Gasteiger partial charge in [-0.1, -0.05) is 26.0 Å². The van der Waals surface area contributed by atoms with Crippen LogP contribution in [0.5, 0.6) is 5.75 Å². The van der Waals surface area contributed by atoms with Crippen LogP contribution in [0.1, 0.15) is 37.8 Å². The third kappa shape index (κ3) is 2.53. The topological polar surface area (TPSA) is 73.6 Å². The highest BCUT2D eigenvalue weighted by Gasteiger charge is 2.48. The van der Waals surface area contributed by atoms with Crippen molar-refractivity contribution < 1.29 is 4.74 Å². The van der Waals surface area contributed by atoms with Crippen LogP contribution in [0.4, 0.5) is 0 Å². The Morgan fingerprint density at radius 1 is 1.42 bits per heavy atom. The zero-order chi connectivity index (χ0) is 14.0. The van der Waals surface area contributed by atoms with E-state index in [1.165, 1.54) is 11.1 Å². The molecule has 2 rings (SSSR count). The molecule has 1 aromatic carbocycles. The number of methoxy groups -OCH3 is 1. The number of rotatable bonds is 5. The Morgan fingerprint density at radius 3 is 2.58 bits per heavy atom. The normalized spacial score (nSPS) is 17.6. The third-order valence-electron chi connectivity index (χ3n) is 3.84. The predicted octanol–water partition coefficient (Wildman–Crippen LogP) is 2.16. The molecule has 4 N–H and O–H groups in total. The summed E-state index contributed by atoms with van der Waals surface area (Å²) in [6, 6.07) is 6.30. The van der Waals surface area contributed by atoms with E-state index < -0.39 is 0 Å². The van der Waals surface area contributed by atoms with Gasteiger partial charge in [0.1, 0.15) is 11.6 Å². The molecule has 0 unspecified atom stereocenters. The molecule has 1 aliphatic carbocycles. The molecule has 0 atom stereocenters. The maximum Gasteiger partial charge on any atom is 0.130 e. The molecule has 104 valence electrons. The van der Waals surface area contributed by atoms with Crippen LogP contribution in [0.25, 0.3) is 0 Å². The Morgan fingerprint density at radius 2 is 2.11 bits per heavy atom. The molecule has 0 saturated heterocycles. The van der Waals surface area contributed by atoms with E-state index in [0.717, 1.165) is 25.0 Å². The summed E-state index contributed by atoms with van der Waals surface area (Å²) in [4.78, 5) is 0. The molecule has 1 saturated carbocycles. The SMILES string of the molecule is COc1ccc(C2(/C(N)=N/N)CC2)cc1CC(C)C. The van der Waals surface area contributed by atoms with E-state index in [1.54, 1.807) is 7.11 Å². The summed E-state index contributed by atoms with van der Waals surface area (Å²) in [5.41, 5.74) is 8.26. The number of nitrogens with zero attached hydrogens (tertiary/aromatic N) is 1. The first-order valence-electron chi connectivity index (χ1n) is 6.74. The molecule has 0 heterocycles. The Balaban J connectivity index is 2.38. The van der Waals surface area contributed by atoms with Crippen molar-refractivity contribution in [2.24, 2.45) is 22.6 Å². The molecule has 0 aliphatic heterocycles. The smallest absolute Gasteiger partial charge is 0.130 e. The Hall–Kier alpha value is -1.71. The fourth-order valence-electron chi connectivity index (χ4n) is 2.62. The van der Waals surface area contributed by atoms with Gasteiger partial charge in [-0.2, -0.15) is 5.10 Å². The van der Waals surface area contributed by atoms with Crippen LogP contribution in [0.3, 0.4) is 0 Å². The molecule has 19 heavy (non-hydrogen) atoms. The molecular weight excluding hydrogens is 238 g/mol. The third-order valence-corrected chi connectivity index (χ3v) is 3.84. The van der Waals surface area contributed by atoms with Gasteiger partial charge in [-0.3, -0.25) is 0 Å². The Bertz CT molecular complexity index is 490. The second-order valence-electron chi connectivity index (χ2n) is 5.72. The van der Waals surface area contributed by atoms with Gasteiger partial charge in [-0.05, 0) is 42.4 Å². The molecule has 4 nitrogen and oxygen atoms in total. The molecule has 0 bridgehead atoms. The number of nitrogens with two attached hydrogens (primary N) is 2. The second kappa shape index (κ2) is 5.11. The summed E-state index contributed by atoms with van der Waals surface area (Å²) in [6.45, 7) is 4.41. The molecule has 0 radical (unpaired) electrons. The lowest BCUT2D eigenvalue weighted by Crippen LogP contribution is -2.30. The quantitative estimate of drug-likeness (QED) is 0.369. The summed E-state index contributed by atoms with van der Waals surface area (Å²) in [5, 5.41) is 3.70. The first-order valence-corrected chi connectivity index (χ1v) is 6.74. The zero-order valence-corrected chi connectivity index (χ0v) is 11.9. The maximum atomic E-state index is 5.96. The van der Waals surface area contributed by atoms with Crippen molar-refractivity contribution in [3.63, 3.8) is 0 Å². The van der Waals surface area contributed by atoms with E-state index in [0.29, 0.717) is 11.8 Å². The minimum absolute atomic E-state index is 0.132. The van der Waals surface area contributed by atoms with Crippen LogP contribution >= 0.6 is 0 Å². The molecular formula is C15H23N3O. The lowest BCUT2D eigenvalue weighted by Gasteiger charge is -2.18. The molecule has 1 fully saturated rings. The van der Waals surface area contributed by atoms with Crippen LogP contribution in [0, 0.1) is 5.92 Å². The first kappa shape index (κ1) is 13.7. The van der Waals surface area contributed by atoms with E-state index in [1.807, 2.05) is 6.07 Å². The standard InChI is InChI=1S/C15H23N3O/c1-10(2)8-11-9-12(4-5-13(11)19-3)15(6-7-15)14(16)18-17/h4-5,9-10H,6-8,17H2,1-3H3,(H2,16,18). The molecule has 4 heteroatoms. The number of benzene rings is 1. The van der Waals surface area contributed by atoms with E-state index in [4.69, 9.17) is 16.3 Å². The van der Waals surface area contributed by atoms with Crippen molar-refractivity contribution in [2.75, 3.05) is 7.11 Å². The van der Waals surface area contributed by atoms with Crippen LogP contribution in [0.2, 0.25) is 0 Å². The molecule has 0 spiro atoms. The number of amidine groups is 1. The van der Waals surface area contributed by atoms with Gasteiger partial charge in [0.15, 0.2) is 0 Å². The monoisotopic (exact) mass is 261 g/mol. The first-order chi connectivity index (χ1) is 9.03. The van der Waals surface area contributed by atoms with Crippen LogP contribution in [-0.4, -0.2) is 12.9 Å². The largest absolute Gasteiger partial charge is 0.496 e. The van der Waals surface area contributed by atoms with E-state index in [9.17, 15) is 0 Å². The molecule has 0 amide bonds. The average Bonchev–Trinajstić information content (AvgIpc) is 3.18. The number of hydrazone groups is 1. The summed E-state index contributed by atoms with van der Waals surface area (Å²) < 4.78 is 5.43. The van der Waals surface area contributed by atoms with Gasteiger partial charge in [0.2, 0.25) is 0 Å². The summed E-state index contributed by atoms with van der Waals surface area (Å²) >= 11 is 0. The fourth-order valence-corrected chi connectivity index (χ4v) is 2.62. The van der Waals surface area contributed by atoms with Crippen molar-refractivity contribution in [2.45, 2.75) is 38.5 Å². The van der Waals surface area contributed by atoms with Crippen LogP contribution in [0.15, 0.2) is 23.3 Å². The van der Waals surface area contributed by atoms with E-state index >= 15 is 0 Å². The van der Waals surface area contributed by atoms with Gasteiger partial charge in [-0.15, -0.1) is 0 Å². The van der Waals surface area contributed by atoms with Gasteiger partial charge in [-0.25, -0.2) is 0 Å². The highest BCUT2D eigenvalue weighted by atomic mass is 16.5. The number of hydrogen-bond acceptors (Lipinski definition) is 3. The molecule has 1 aromatic rings. The highest BCUT2D eigenvalue weighted by molar-refractivity contribution is 5.94. The number of ether oxygens (including phenoxy) is 1. The Labute approximate surface area is 114 Å². The van der Waals surface area contributed by atoms with Crippen molar-refractivity contribution in [1.82, 2.24) is 0 Å². The minimum Gasteiger partial charge on any atom is -0.496 e. The van der Waals surface area contributed by atoms with Crippen molar-refractivity contribution >= 4 is 5.84 Å². The van der Waals surface area contributed by atoms with Gasteiger partial charge in [0.05, 0.1) is 12.5 Å². The average molecular weight is 261 g/mol. The maximum absolute atomic E-state index is 5.96. The minimum atomic E-state index is -0.132. The molecule has 1 aliphatic rings. The van der Waals surface area contributed by atoms with Crippen LogP contribution in [-0.2, 0) is 11.8 Å². The Kier molecular flexibility index (Phi) is 3.69. The zero-order valence-electron chi connectivity index (χ0n) is 11.9. The van der Waals surface area contributed by atoms with Crippen LogP contribution < -0.4 is 16.3 Å². The van der Waals surface area contributed by atoms with E-state index in [-0.39, 0.29) is 5.41 Å². The second-order valence-corrected chi connectivity index (χ2v) is 5.72. The van der Waals surface area contributed by atoms with Crippen molar-refractivity contribution in [1.29, 1.82) is 0 Å². The molecule has 0 aromatic heterocycles. The lowest BCUT2D eigenvalue weighted by molar-refractivity contribution is 0.406. The highest BCUT2D eigenvalue weighted by Crippen LogP contribution is 2.49. The van der Waals surface area contributed by atoms with E-state index in [2.05, 4.69) is 31.1 Å². The predicted molar refractivity (Wildman–Crippen MR) is 78.3 cm³/mol. The van der Waals surface area contributed by atoms with Gasteiger partial charge >= 0.3 is 0 Å².